The van der Waals surface area contributed by atoms with Crippen molar-refractivity contribution in [2.24, 2.45) is 0 Å². The van der Waals surface area contributed by atoms with Gasteiger partial charge < -0.3 is 23.7 Å². The summed E-state index contributed by atoms with van der Waals surface area (Å²) in [7, 11) is 0.921. The van der Waals surface area contributed by atoms with Gasteiger partial charge in [0.05, 0.1) is 25.3 Å². The molecule has 11 nitrogen and oxygen atoms in total. The minimum absolute atomic E-state index is 0.146. The molecule has 1 atom stereocenters. The van der Waals surface area contributed by atoms with Gasteiger partial charge in [0, 0.05) is 19.7 Å². The minimum atomic E-state index is -2.40. The van der Waals surface area contributed by atoms with E-state index in [2.05, 4.69) is 47.4 Å². The van der Waals surface area contributed by atoms with E-state index in [-0.39, 0.29) is 18.4 Å². The third-order valence-corrected chi connectivity index (χ3v) is 11.4. The first-order valence-electron chi connectivity index (χ1n) is 19.7. The summed E-state index contributed by atoms with van der Waals surface area (Å²) in [6, 6.07) is 30.3. The number of unbranched alkanes of at least 4 members (excludes halogenated alkanes) is 6. The number of fused-ring (bicyclic) bond motifs is 2. The van der Waals surface area contributed by atoms with Crippen molar-refractivity contribution in [2.45, 2.75) is 83.9 Å². The molecule has 4 aromatic carbocycles. The largest absolute Gasteiger partial charge is 0.596 e. The standard InChI is InChI=1S/C45H51N4O7P/c1-32-30-39-40(31-33(32)2)48(42-41(46-39)43(50)49(44(51)47-42)27-13-6-8-15-29-57(52)53)26-12-5-7-14-28-56-45(34-16-10-9-11-17-34,35-18-22-37(54-3)23-19-35)36-20-24-38(55-4)25-21-36/h9-11,16-25,30-31H,5-8,12-15,26-29H2,1-4H3. The van der Waals surface area contributed by atoms with E-state index < -0.39 is 24.9 Å². The third-order valence-electron chi connectivity index (χ3n) is 10.7. The Hall–Kier alpha value is -5.22. The van der Waals surface area contributed by atoms with Gasteiger partial charge in [-0.15, -0.1) is 0 Å². The Kier molecular flexibility index (Phi) is 14.0. The molecule has 2 aliphatic rings. The SMILES string of the molecule is COc1ccc(C(OCCCCCCn2c3nc(=O)n(CCCCCC[P+](=O)[O-])c(=O)c-3nc3cc(C)c(C)cc32)(c2ccccc2)c2ccc(OC)cc2)cc1. The van der Waals surface area contributed by atoms with E-state index in [0.717, 1.165) is 75.1 Å². The molecule has 0 aromatic heterocycles. The highest BCUT2D eigenvalue weighted by Crippen LogP contribution is 2.42. The highest BCUT2D eigenvalue weighted by molar-refractivity contribution is 7.36. The lowest BCUT2D eigenvalue weighted by atomic mass is 9.80. The molecule has 0 aliphatic carbocycles. The molecule has 0 bridgehead atoms. The second-order valence-corrected chi connectivity index (χ2v) is 15.6. The Morgan fingerprint density at radius 2 is 1.21 bits per heavy atom. The molecule has 6 rings (SSSR count). The molecule has 2 heterocycles. The van der Waals surface area contributed by atoms with Crippen LogP contribution in [0.4, 0.5) is 0 Å². The Balaban J connectivity index is 1.19. The smallest absolute Gasteiger partial charge is 0.352 e. The van der Waals surface area contributed by atoms with Gasteiger partial charge in [-0.1, -0.05) is 78.4 Å². The summed E-state index contributed by atoms with van der Waals surface area (Å²) in [5.74, 6) is 1.83. The molecule has 57 heavy (non-hydrogen) atoms. The van der Waals surface area contributed by atoms with E-state index in [1.165, 1.54) is 0 Å². The number of hydrogen-bond acceptors (Lipinski definition) is 9. The average Bonchev–Trinajstić information content (AvgIpc) is 3.22. The van der Waals surface area contributed by atoms with Crippen molar-refractivity contribution < 1.29 is 23.7 Å². The van der Waals surface area contributed by atoms with E-state index in [1.807, 2.05) is 66.9 Å². The molecular formula is C45H51N4O7P. The summed E-state index contributed by atoms with van der Waals surface area (Å²) in [5.41, 5.74) is 4.90. The summed E-state index contributed by atoms with van der Waals surface area (Å²) in [4.78, 5) is 47.1. The van der Waals surface area contributed by atoms with Gasteiger partial charge in [0.1, 0.15) is 23.3 Å². The summed E-state index contributed by atoms with van der Waals surface area (Å²) < 4.78 is 32.0. The van der Waals surface area contributed by atoms with Crippen LogP contribution < -0.4 is 25.6 Å². The molecule has 0 saturated carbocycles. The van der Waals surface area contributed by atoms with E-state index in [1.54, 1.807) is 14.2 Å². The Labute approximate surface area is 334 Å². The maximum Gasteiger partial charge on any atom is 0.352 e. The molecule has 12 heteroatoms. The first-order valence-corrected chi connectivity index (χ1v) is 21.0. The van der Waals surface area contributed by atoms with Crippen molar-refractivity contribution in [3.05, 3.63) is 140 Å². The molecule has 1 unspecified atom stereocenters. The predicted octanol–water partition coefficient (Wildman–Crippen LogP) is 7.92. The van der Waals surface area contributed by atoms with Crippen LogP contribution in [0.5, 0.6) is 11.5 Å². The monoisotopic (exact) mass is 790 g/mol. The van der Waals surface area contributed by atoms with Gasteiger partial charge in [-0.3, -0.25) is 9.36 Å². The highest BCUT2D eigenvalue weighted by Gasteiger charge is 2.37. The van der Waals surface area contributed by atoms with Crippen LogP contribution in [0, 0.1) is 13.8 Å². The van der Waals surface area contributed by atoms with Crippen molar-refractivity contribution in [2.75, 3.05) is 27.0 Å². The number of hydrogen-bond donors (Lipinski definition) is 0. The zero-order valence-electron chi connectivity index (χ0n) is 33.2. The van der Waals surface area contributed by atoms with Gasteiger partial charge in [0.2, 0.25) is 0 Å². The zero-order chi connectivity index (χ0) is 40.4. The predicted molar refractivity (Wildman–Crippen MR) is 222 cm³/mol. The van der Waals surface area contributed by atoms with Crippen molar-refractivity contribution in [1.82, 2.24) is 19.1 Å². The average molecular weight is 791 g/mol. The first-order chi connectivity index (χ1) is 27.7. The molecule has 0 saturated heterocycles. The number of rotatable bonds is 20. The lowest BCUT2D eigenvalue weighted by Gasteiger charge is -2.36. The molecule has 4 aromatic rings. The van der Waals surface area contributed by atoms with E-state index in [0.29, 0.717) is 50.2 Å². The van der Waals surface area contributed by atoms with Gasteiger partial charge in [0.25, 0.3) is 5.56 Å². The van der Waals surface area contributed by atoms with E-state index in [4.69, 9.17) is 19.2 Å². The number of nitrogens with zero attached hydrogens (tertiary/aromatic N) is 4. The van der Waals surface area contributed by atoms with Gasteiger partial charge in [-0.05, 0) is 110 Å². The molecule has 0 amide bonds. The maximum atomic E-state index is 13.7. The van der Waals surface area contributed by atoms with Crippen LogP contribution in [-0.4, -0.2) is 46.1 Å². The third kappa shape index (κ3) is 9.50. The topological polar surface area (TPSA) is 138 Å². The molecular weight excluding hydrogens is 739 g/mol. The molecule has 2 aliphatic heterocycles. The molecule has 298 valence electrons. The molecule has 0 radical (unpaired) electrons. The number of benzene rings is 4. The minimum Gasteiger partial charge on any atom is -0.596 e. The first kappa shape index (κ1) is 41.4. The summed E-state index contributed by atoms with van der Waals surface area (Å²) in [6.45, 7) is 5.32. The number of ether oxygens (including phenoxy) is 3. The van der Waals surface area contributed by atoms with Crippen molar-refractivity contribution in [3.8, 4) is 23.0 Å². The number of aromatic nitrogens is 4. The van der Waals surface area contributed by atoms with Crippen LogP contribution in [-0.2, 0) is 28.0 Å². The second-order valence-electron chi connectivity index (χ2n) is 14.4. The molecule has 0 spiro atoms. The van der Waals surface area contributed by atoms with Gasteiger partial charge in [0.15, 0.2) is 11.5 Å². The lowest BCUT2D eigenvalue weighted by Crippen LogP contribution is -2.38. The fourth-order valence-electron chi connectivity index (χ4n) is 7.44. The Morgan fingerprint density at radius 1 is 0.667 bits per heavy atom. The Bertz CT molecular complexity index is 2310. The van der Waals surface area contributed by atoms with Gasteiger partial charge in [-0.25, -0.2) is 9.78 Å². The molecule has 0 N–H and O–H groups in total. The highest BCUT2D eigenvalue weighted by atomic mass is 31.1. The van der Waals surface area contributed by atoms with Crippen molar-refractivity contribution >= 4 is 19.1 Å². The summed E-state index contributed by atoms with van der Waals surface area (Å²) in [5, 5.41) is 0. The summed E-state index contributed by atoms with van der Waals surface area (Å²) in [6.07, 6.45) is 6.08. The van der Waals surface area contributed by atoms with E-state index >= 15 is 0 Å². The quantitative estimate of drug-likeness (QED) is 0.0327. The summed E-state index contributed by atoms with van der Waals surface area (Å²) >= 11 is 0. The van der Waals surface area contributed by atoms with Gasteiger partial charge in [-0.2, -0.15) is 4.98 Å². The van der Waals surface area contributed by atoms with Crippen LogP contribution in [0.15, 0.2) is 101 Å². The van der Waals surface area contributed by atoms with Crippen LogP contribution in [0.1, 0.15) is 79.2 Å². The number of methoxy groups -OCH3 is 2. The lowest BCUT2D eigenvalue weighted by molar-refractivity contribution is -0.164. The number of aryl methyl sites for hydroxylation is 3. The van der Waals surface area contributed by atoms with Crippen LogP contribution in [0.2, 0.25) is 0 Å². The van der Waals surface area contributed by atoms with Crippen molar-refractivity contribution in [1.29, 1.82) is 0 Å². The van der Waals surface area contributed by atoms with E-state index in [9.17, 15) is 19.0 Å². The fourth-order valence-corrected chi connectivity index (χ4v) is 7.92. The maximum absolute atomic E-state index is 13.7. The fraction of sp³-hybridized carbons (Fsp3) is 0.378. The van der Waals surface area contributed by atoms with Crippen LogP contribution >= 0.6 is 8.03 Å². The Morgan fingerprint density at radius 3 is 1.81 bits per heavy atom. The molecule has 0 fully saturated rings. The second kappa shape index (κ2) is 19.3. The van der Waals surface area contributed by atoms with Crippen LogP contribution in [0.3, 0.4) is 0 Å². The van der Waals surface area contributed by atoms with Crippen LogP contribution in [0.25, 0.3) is 22.6 Å². The van der Waals surface area contributed by atoms with Crippen molar-refractivity contribution in [3.63, 3.8) is 0 Å². The normalized spacial score (nSPS) is 12.0. The van der Waals surface area contributed by atoms with Gasteiger partial charge >= 0.3 is 13.7 Å². The zero-order valence-corrected chi connectivity index (χ0v) is 34.1.